The van der Waals surface area contributed by atoms with Crippen LogP contribution in [0.15, 0.2) is 66.0 Å². The van der Waals surface area contributed by atoms with Gasteiger partial charge in [-0.3, -0.25) is 4.79 Å². The number of carbonyl (C=O) groups is 1. The third-order valence-electron chi connectivity index (χ3n) is 3.85. The average Bonchev–Trinajstić information content (AvgIpc) is 3.11. The number of nitrogens with zero attached hydrogens (tertiary/aromatic N) is 3. The molecule has 0 aliphatic rings. The molecular weight excluding hydrogens is 326 g/mol. The summed E-state index contributed by atoms with van der Waals surface area (Å²) in [6.45, 7) is 4.21. The zero-order chi connectivity index (χ0) is 18.4. The smallest absolute Gasteiger partial charge is 0.259 e. The van der Waals surface area contributed by atoms with Gasteiger partial charge in [0, 0.05) is 17.4 Å². The number of benzene rings is 2. The molecule has 0 unspecified atom stereocenters. The predicted molar refractivity (Wildman–Crippen MR) is 104 cm³/mol. The molecule has 0 atom stereocenters. The maximum atomic E-state index is 11.9. The van der Waals surface area contributed by atoms with Crippen LogP contribution in [0, 0.1) is 13.8 Å². The molecule has 2 aromatic carbocycles. The van der Waals surface area contributed by atoms with Gasteiger partial charge in [-0.05, 0) is 37.6 Å². The Morgan fingerprint density at radius 3 is 2.77 bits per heavy atom. The van der Waals surface area contributed by atoms with Crippen LogP contribution >= 0.6 is 0 Å². The third kappa shape index (κ3) is 4.57. The molecule has 3 aromatic rings. The maximum Gasteiger partial charge on any atom is 0.259 e. The molecule has 1 heterocycles. The highest BCUT2D eigenvalue weighted by Gasteiger charge is 2.03. The number of hydrogen-bond donors (Lipinski definition) is 2. The minimum Gasteiger partial charge on any atom is -0.376 e. The topological polar surface area (TPSA) is 71.3 Å². The molecule has 6 nitrogen and oxygen atoms in total. The lowest BCUT2D eigenvalue weighted by Gasteiger charge is -2.09. The van der Waals surface area contributed by atoms with E-state index in [9.17, 15) is 4.79 Å². The number of aryl methyl sites for hydroxylation is 2. The van der Waals surface area contributed by atoms with Crippen molar-refractivity contribution in [2.75, 3.05) is 11.9 Å². The molecule has 26 heavy (non-hydrogen) atoms. The van der Waals surface area contributed by atoms with E-state index in [0.717, 1.165) is 22.5 Å². The van der Waals surface area contributed by atoms with Gasteiger partial charge in [0.2, 0.25) is 0 Å². The minimum atomic E-state index is -0.211. The zero-order valence-corrected chi connectivity index (χ0v) is 14.8. The summed E-state index contributed by atoms with van der Waals surface area (Å²) in [4.78, 5) is 11.9. The molecule has 0 radical (unpaired) electrons. The van der Waals surface area contributed by atoms with Crippen molar-refractivity contribution in [1.82, 2.24) is 15.2 Å². The lowest BCUT2D eigenvalue weighted by molar-refractivity contribution is -0.119. The first-order valence-corrected chi connectivity index (χ1v) is 8.35. The van der Waals surface area contributed by atoms with Crippen molar-refractivity contribution in [3.05, 3.63) is 77.6 Å². The summed E-state index contributed by atoms with van der Waals surface area (Å²) >= 11 is 0. The summed E-state index contributed by atoms with van der Waals surface area (Å²) in [6.07, 6.45) is 5.11. The van der Waals surface area contributed by atoms with Crippen molar-refractivity contribution in [2.45, 2.75) is 13.8 Å². The number of hydrazone groups is 1. The van der Waals surface area contributed by atoms with Crippen molar-refractivity contribution in [3.8, 4) is 5.69 Å². The second-order valence-corrected chi connectivity index (χ2v) is 6.02. The highest BCUT2D eigenvalue weighted by molar-refractivity contribution is 5.84. The van der Waals surface area contributed by atoms with Gasteiger partial charge in [0.25, 0.3) is 5.91 Å². The summed E-state index contributed by atoms with van der Waals surface area (Å²) in [5.74, 6) is -0.211. The summed E-state index contributed by atoms with van der Waals surface area (Å²) in [5, 5.41) is 11.4. The van der Waals surface area contributed by atoms with E-state index < -0.39 is 0 Å². The van der Waals surface area contributed by atoms with E-state index in [1.165, 1.54) is 5.56 Å². The molecule has 132 valence electrons. The highest BCUT2D eigenvalue weighted by Crippen LogP contribution is 2.15. The Morgan fingerprint density at radius 1 is 1.19 bits per heavy atom. The van der Waals surface area contributed by atoms with Crippen LogP contribution in [-0.2, 0) is 4.79 Å². The Hall–Kier alpha value is -3.41. The minimum absolute atomic E-state index is 0.157. The van der Waals surface area contributed by atoms with Crippen molar-refractivity contribution >= 4 is 17.8 Å². The van der Waals surface area contributed by atoms with Crippen LogP contribution < -0.4 is 10.7 Å². The Labute approximate surface area is 152 Å². The summed E-state index contributed by atoms with van der Waals surface area (Å²) in [5.41, 5.74) is 7.52. The van der Waals surface area contributed by atoms with Crippen molar-refractivity contribution in [3.63, 3.8) is 0 Å². The van der Waals surface area contributed by atoms with E-state index in [1.54, 1.807) is 17.1 Å². The largest absolute Gasteiger partial charge is 0.376 e. The predicted octanol–water partition coefficient (Wildman–Crippen LogP) is 3.05. The van der Waals surface area contributed by atoms with Crippen LogP contribution in [0.1, 0.15) is 16.7 Å². The van der Waals surface area contributed by atoms with E-state index in [1.807, 2.05) is 62.5 Å². The van der Waals surface area contributed by atoms with Crippen LogP contribution in [0.2, 0.25) is 0 Å². The number of nitrogens with one attached hydrogen (secondary N) is 2. The number of aromatic nitrogens is 2. The number of amides is 1. The fourth-order valence-corrected chi connectivity index (χ4v) is 2.53. The van der Waals surface area contributed by atoms with Crippen molar-refractivity contribution < 1.29 is 4.79 Å². The van der Waals surface area contributed by atoms with E-state index in [0.29, 0.717) is 0 Å². The summed E-state index contributed by atoms with van der Waals surface area (Å²) in [7, 11) is 0. The highest BCUT2D eigenvalue weighted by atomic mass is 16.2. The third-order valence-corrected chi connectivity index (χ3v) is 3.85. The van der Waals surface area contributed by atoms with E-state index in [2.05, 4.69) is 27.0 Å². The van der Waals surface area contributed by atoms with Crippen molar-refractivity contribution in [2.24, 2.45) is 5.10 Å². The molecule has 6 heteroatoms. The van der Waals surface area contributed by atoms with Crippen LogP contribution in [0.5, 0.6) is 0 Å². The maximum absolute atomic E-state index is 11.9. The second kappa shape index (κ2) is 8.11. The first-order chi connectivity index (χ1) is 12.6. The molecule has 3 rings (SSSR count). The fraction of sp³-hybridized carbons (Fsp3) is 0.150. The molecule has 1 aromatic heterocycles. The van der Waals surface area contributed by atoms with Crippen LogP contribution in [0.25, 0.3) is 5.69 Å². The van der Waals surface area contributed by atoms with E-state index in [4.69, 9.17) is 0 Å². The molecule has 1 amide bonds. The SMILES string of the molecule is Cc1ccc(NCC(=O)N/N=C\c2cnn(-c3ccccc3)c2)c(C)c1. The fourth-order valence-electron chi connectivity index (χ4n) is 2.53. The van der Waals surface area contributed by atoms with E-state index in [-0.39, 0.29) is 12.5 Å². The first kappa shape index (κ1) is 17.4. The van der Waals surface area contributed by atoms with Gasteiger partial charge in [-0.25, -0.2) is 10.1 Å². The van der Waals surface area contributed by atoms with Gasteiger partial charge < -0.3 is 5.32 Å². The standard InChI is InChI=1S/C20H21N5O/c1-15-8-9-19(16(2)10-15)21-13-20(26)24-22-11-17-12-23-25(14-17)18-6-4-3-5-7-18/h3-12,14,21H,13H2,1-2H3,(H,24,26)/b22-11-. The quantitative estimate of drug-likeness (QED) is 0.532. The zero-order valence-electron chi connectivity index (χ0n) is 14.8. The number of anilines is 1. The monoisotopic (exact) mass is 347 g/mol. The average molecular weight is 347 g/mol. The van der Waals surface area contributed by atoms with Gasteiger partial charge in [0.1, 0.15) is 0 Å². The molecule has 2 N–H and O–H groups in total. The van der Waals surface area contributed by atoms with Gasteiger partial charge in [0.15, 0.2) is 0 Å². The molecule has 0 saturated carbocycles. The van der Waals surface area contributed by atoms with Gasteiger partial charge in [-0.15, -0.1) is 0 Å². The molecule has 0 fully saturated rings. The van der Waals surface area contributed by atoms with Gasteiger partial charge >= 0.3 is 0 Å². The Balaban J connectivity index is 1.50. The summed E-state index contributed by atoms with van der Waals surface area (Å²) in [6, 6.07) is 15.8. The molecule has 0 bridgehead atoms. The lowest BCUT2D eigenvalue weighted by Crippen LogP contribution is -2.26. The van der Waals surface area contributed by atoms with E-state index >= 15 is 0 Å². The number of rotatable bonds is 6. The number of para-hydroxylation sites is 1. The van der Waals surface area contributed by atoms with Crippen LogP contribution in [0.3, 0.4) is 0 Å². The van der Waals surface area contributed by atoms with Crippen LogP contribution in [-0.4, -0.2) is 28.4 Å². The molecule has 0 saturated heterocycles. The Bertz CT molecular complexity index is 915. The van der Waals surface area contributed by atoms with Gasteiger partial charge in [-0.1, -0.05) is 35.9 Å². The lowest BCUT2D eigenvalue weighted by atomic mass is 10.1. The van der Waals surface area contributed by atoms with Gasteiger partial charge in [0.05, 0.1) is 24.6 Å². The Kier molecular flexibility index (Phi) is 5.43. The molecular formula is C20H21N5O. The van der Waals surface area contributed by atoms with Crippen molar-refractivity contribution in [1.29, 1.82) is 0 Å². The molecule has 0 aliphatic carbocycles. The normalized spacial score (nSPS) is 10.8. The first-order valence-electron chi connectivity index (χ1n) is 8.35. The number of hydrogen-bond acceptors (Lipinski definition) is 4. The molecule has 0 aliphatic heterocycles. The van der Waals surface area contributed by atoms with Crippen LogP contribution in [0.4, 0.5) is 5.69 Å². The molecule has 0 spiro atoms. The van der Waals surface area contributed by atoms with Gasteiger partial charge in [-0.2, -0.15) is 10.2 Å². The number of carbonyl (C=O) groups excluding carboxylic acids is 1. The second-order valence-electron chi connectivity index (χ2n) is 6.02. The summed E-state index contributed by atoms with van der Waals surface area (Å²) < 4.78 is 1.75. The Morgan fingerprint density at radius 2 is 2.00 bits per heavy atom.